The Bertz CT molecular complexity index is 375. The molecule has 6 heteroatoms. The van der Waals surface area contributed by atoms with E-state index in [9.17, 15) is 9.59 Å². The second kappa shape index (κ2) is 5.14. The molecular formula is C9H10ClNO3S. The number of anilines is 1. The third-order valence-electron chi connectivity index (χ3n) is 1.49. The number of nitrogens with one attached hydrogen (secondary N) is 1. The largest absolute Gasteiger partial charge is 0.413 e. The van der Waals surface area contributed by atoms with Gasteiger partial charge in [-0.2, -0.15) is 0 Å². The van der Waals surface area contributed by atoms with Gasteiger partial charge in [0.2, 0.25) is 11.0 Å². The van der Waals surface area contributed by atoms with E-state index >= 15 is 0 Å². The Morgan fingerprint density at radius 1 is 1.60 bits per heavy atom. The van der Waals surface area contributed by atoms with Crippen molar-refractivity contribution in [2.45, 2.75) is 19.2 Å². The molecule has 0 aromatic carbocycles. The van der Waals surface area contributed by atoms with Crippen molar-refractivity contribution in [3.8, 4) is 5.06 Å². The molecule has 0 spiro atoms. The summed E-state index contributed by atoms with van der Waals surface area (Å²) in [4.78, 5) is 22.0. The minimum atomic E-state index is -0.630. The van der Waals surface area contributed by atoms with Gasteiger partial charge in [-0.3, -0.25) is 9.59 Å². The number of halogens is 1. The van der Waals surface area contributed by atoms with Crippen LogP contribution in [0.1, 0.15) is 13.8 Å². The van der Waals surface area contributed by atoms with Crippen molar-refractivity contribution in [1.29, 1.82) is 0 Å². The summed E-state index contributed by atoms with van der Waals surface area (Å²) in [6.45, 7) is 2.87. The second-order valence-electron chi connectivity index (χ2n) is 2.82. The molecule has 1 atom stereocenters. The van der Waals surface area contributed by atoms with E-state index in [0.717, 1.165) is 0 Å². The summed E-state index contributed by atoms with van der Waals surface area (Å²) >= 11 is 6.82. The Hall–Kier alpha value is -1.07. The number of ether oxygens (including phenoxy) is 1. The number of amides is 1. The third-order valence-corrected chi connectivity index (χ3v) is 2.47. The number of thiophene rings is 1. The monoisotopic (exact) mass is 247 g/mol. The zero-order valence-electron chi connectivity index (χ0n) is 8.24. The highest BCUT2D eigenvalue weighted by Crippen LogP contribution is 2.31. The standard InChI is InChI=1S/C9H10ClNO3S/c1-5(10)8(13)11-7-3-4-15-9(7)14-6(2)12/h3-5H,1-2H3,(H,11,13). The van der Waals surface area contributed by atoms with E-state index in [0.29, 0.717) is 10.8 Å². The summed E-state index contributed by atoms with van der Waals surface area (Å²) in [5.74, 6) is -0.754. The van der Waals surface area contributed by atoms with Crippen LogP contribution in [0, 0.1) is 0 Å². The number of rotatable bonds is 3. The minimum Gasteiger partial charge on any atom is -0.413 e. The maximum absolute atomic E-state index is 11.3. The van der Waals surface area contributed by atoms with Gasteiger partial charge in [0.25, 0.3) is 0 Å². The molecule has 0 saturated heterocycles. The van der Waals surface area contributed by atoms with Crippen molar-refractivity contribution in [2.24, 2.45) is 0 Å². The lowest BCUT2D eigenvalue weighted by atomic mass is 10.4. The predicted molar refractivity (Wildman–Crippen MR) is 59.6 cm³/mol. The van der Waals surface area contributed by atoms with Gasteiger partial charge >= 0.3 is 5.97 Å². The van der Waals surface area contributed by atoms with Crippen LogP contribution in [0.15, 0.2) is 11.4 Å². The topological polar surface area (TPSA) is 55.4 Å². The van der Waals surface area contributed by atoms with E-state index in [4.69, 9.17) is 16.3 Å². The van der Waals surface area contributed by atoms with Gasteiger partial charge < -0.3 is 10.1 Å². The second-order valence-corrected chi connectivity index (χ2v) is 4.35. The first-order chi connectivity index (χ1) is 7.00. The van der Waals surface area contributed by atoms with Crippen molar-refractivity contribution >= 4 is 40.5 Å². The smallest absolute Gasteiger partial charge is 0.308 e. The zero-order chi connectivity index (χ0) is 11.4. The number of carbonyl (C=O) groups is 2. The van der Waals surface area contributed by atoms with E-state index in [-0.39, 0.29) is 5.91 Å². The van der Waals surface area contributed by atoms with Gasteiger partial charge in [-0.1, -0.05) is 0 Å². The van der Waals surface area contributed by atoms with Crippen LogP contribution in [-0.2, 0) is 9.59 Å². The van der Waals surface area contributed by atoms with Crippen molar-refractivity contribution < 1.29 is 14.3 Å². The molecule has 0 saturated carbocycles. The van der Waals surface area contributed by atoms with Crippen LogP contribution in [0.25, 0.3) is 0 Å². The first kappa shape index (κ1) is 12.0. The van der Waals surface area contributed by atoms with Crippen LogP contribution in [0.5, 0.6) is 5.06 Å². The van der Waals surface area contributed by atoms with Gasteiger partial charge in [-0.05, 0) is 18.4 Å². The fraction of sp³-hybridized carbons (Fsp3) is 0.333. The molecule has 0 radical (unpaired) electrons. The first-order valence-electron chi connectivity index (χ1n) is 4.21. The lowest BCUT2D eigenvalue weighted by Crippen LogP contribution is -2.20. The van der Waals surface area contributed by atoms with Gasteiger partial charge in [-0.15, -0.1) is 22.9 Å². The Morgan fingerprint density at radius 2 is 2.27 bits per heavy atom. The van der Waals surface area contributed by atoms with Gasteiger partial charge in [0.1, 0.15) is 5.38 Å². The fourth-order valence-corrected chi connectivity index (χ4v) is 1.62. The molecule has 0 bridgehead atoms. The zero-order valence-corrected chi connectivity index (χ0v) is 9.82. The quantitative estimate of drug-likeness (QED) is 0.658. The Morgan fingerprint density at radius 3 is 2.80 bits per heavy atom. The van der Waals surface area contributed by atoms with E-state index in [1.165, 1.54) is 18.3 Å². The molecule has 1 amide bonds. The molecule has 15 heavy (non-hydrogen) atoms. The van der Waals surface area contributed by atoms with E-state index in [1.54, 1.807) is 18.4 Å². The Kier molecular flexibility index (Phi) is 4.11. The molecule has 1 rings (SSSR count). The van der Waals surface area contributed by atoms with E-state index in [1.807, 2.05) is 0 Å². The molecule has 1 unspecified atom stereocenters. The molecule has 0 fully saturated rings. The summed E-state index contributed by atoms with van der Waals surface area (Å²) in [5.41, 5.74) is 0.465. The average Bonchev–Trinajstić information content (AvgIpc) is 2.51. The van der Waals surface area contributed by atoms with Gasteiger partial charge in [0, 0.05) is 6.92 Å². The molecule has 0 aliphatic heterocycles. The average molecular weight is 248 g/mol. The van der Waals surface area contributed by atoms with E-state index in [2.05, 4.69) is 5.32 Å². The highest BCUT2D eigenvalue weighted by Gasteiger charge is 2.14. The minimum absolute atomic E-state index is 0.330. The normalized spacial score (nSPS) is 11.9. The van der Waals surface area contributed by atoms with Gasteiger partial charge in [0.15, 0.2) is 0 Å². The first-order valence-corrected chi connectivity index (χ1v) is 5.53. The Balaban J connectivity index is 2.73. The summed E-state index contributed by atoms with van der Waals surface area (Å²) in [6.07, 6.45) is 0. The van der Waals surface area contributed by atoms with Crippen LogP contribution in [-0.4, -0.2) is 17.3 Å². The molecule has 0 aliphatic rings. The van der Waals surface area contributed by atoms with Crippen LogP contribution in [0.3, 0.4) is 0 Å². The highest BCUT2D eigenvalue weighted by molar-refractivity contribution is 7.12. The van der Waals surface area contributed by atoms with Crippen LogP contribution in [0.4, 0.5) is 5.69 Å². The summed E-state index contributed by atoms with van der Waals surface area (Å²) < 4.78 is 4.89. The SMILES string of the molecule is CC(=O)Oc1sccc1NC(=O)C(C)Cl. The lowest BCUT2D eigenvalue weighted by Gasteiger charge is -2.06. The maximum atomic E-state index is 11.3. The van der Waals surface area contributed by atoms with Crippen molar-refractivity contribution in [3.63, 3.8) is 0 Å². The van der Waals surface area contributed by atoms with Gasteiger partial charge in [-0.25, -0.2) is 0 Å². The van der Waals surface area contributed by atoms with Crippen LogP contribution in [0.2, 0.25) is 0 Å². The lowest BCUT2D eigenvalue weighted by molar-refractivity contribution is -0.131. The molecule has 1 N–H and O–H groups in total. The molecule has 1 aromatic rings. The maximum Gasteiger partial charge on any atom is 0.308 e. The number of esters is 1. The molecule has 82 valence electrons. The molecule has 0 aliphatic carbocycles. The van der Waals surface area contributed by atoms with Crippen molar-refractivity contribution in [1.82, 2.24) is 0 Å². The molecule has 4 nitrogen and oxygen atoms in total. The number of carbonyl (C=O) groups excluding carboxylic acids is 2. The number of alkyl halides is 1. The summed E-state index contributed by atoms with van der Waals surface area (Å²) in [7, 11) is 0. The summed E-state index contributed by atoms with van der Waals surface area (Å²) in [6, 6.07) is 1.65. The van der Waals surface area contributed by atoms with Gasteiger partial charge in [0.05, 0.1) is 5.69 Å². The molecular weight excluding hydrogens is 238 g/mol. The number of hydrogen-bond donors (Lipinski definition) is 1. The molecule has 1 aromatic heterocycles. The van der Waals surface area contributed by atoms with Crippen molar-refractivity contribution in [3.05, 3.63) is 11.4 Å². The fourth-order valence-electron chi connectivity index (χ4n) is 0.830. The Labute approximate surface area is 96.2 Å². The third kappa shape index (κ3) is 3.53. The predicted octanol–water partition coefficient (Wildman–Crippen LogP) is 2.24. The highest BCUT2D eigenvalue weighted by atomic mass is 35.5. The van der Waals surface area contributed by atoms with E-state index < -0.39 is 11.3 Å². The van der Waals surface area contributed by atoms with Crippen LogP contribution >= 0.6 is 22.9 Å². The van der Waals surface area contributed by atoms with Crippen LogP contribution < -0.4 is 10.1 Å². The summed E-state index contributed by atoms with van der Waals surface area (Å²) in [5, 5.41) is 4.01. The number of hydrogen-bond acceptors (Lipinski definition) is 4. The van der Waals surface area contributed by atoms with Crippen molar-refractivity contribution in [2.75, 3.05) is 5.32 Å². The molecule has 1 heterocycles.